The van der Waals surface area contributed by atoms with Gasteiger partial charge in [0.05, 0.1) is 0 Å². The van der Waals surface area contributed by atoms with E-state index in [-0.39, 0.29) is 11.9 Å². The molecule has 0 saturated heterocycles. The predicted molar refractivity (Wildman–Crippen MR) is 93.0 cm³/mol. The second-order valence-electron chi connectivity index (χ2n) is 5.83. The number of benzene rings is 2. The predicted octanol–water partition coefficient (Wildman–Crippen LogP) is 3.64. The molecule has 0 bridgehead atoms. The lowest BCUT2D eigenvalue weighted by atomic mass is 10.0. The summed E-state index contributed by atoms with van der Waals surface area (Å²) < 4.78 is 0. The maximum Gasteiger partial charge on any atom is 0.253 e. The number of hydrogen-bond acceptors (Lipinski definition) is 2. The van der Waals surface area contributed by atoms with E-state index in [0.717, 1.165) is 25.7 Å². The minimum Gasteiger partial charge on any atom is -0.378 e. The van der Waals surface area contributed by atoms with Gasteiger partial charge < -0.3 is 10.4 Å². The maximum atomic E-state index is 12.3. The third-order valence-corrected chi connectivity index (χ3v) is 3.97. The van der Waals surface area contributed by atoms with Crippen molar-refractivity contribution in [1.82, 2.24) is 5.32 Å². The molecule has 0 aliphatic carbocycles. The first kappa shape index (κ1) is 17.2. The molecule has 2 rings (SSSR count). The first-order chi connectivity index (χ1) is 11.2. The number of rotatable bonds is 8. The topological polar surface area (TPSA) is 49.3 Å². The molecule has 3 nitrogen and oxygen atoms in total. The summed E-state index contributed by atoms with van der Waals surface area (Å²) in [5.74, 6) is -0.317. The molecule has 0 radical (unpaired) electrons. The smallest absolute Gasteiger partial charge is 0.253 e. The van der Waals surface area contributed by atoms with Crippen molar-refractivity contribution in [2.45, 2.75) is 44.8 Å². The largest absolute Gasteiger partial charge is 0.378 e. The van der Waals surface area contributed by atoms with Crippen LogP contribution in [-0.4, -0.2) is 17.1 Å². The van der Waals surface area contributed by atoms with Crippen molar-refractivity contribution in [1.29, 1.82) is 0 Å². The minimum absolute atomic E-state index is 0.0890. The molecule has 2 atom stereocenters. The molecule has 0 spiro atoms. The molecular weight excluding hydrogens is 286 g/mol. The molecule has 0 heterocycles. The van der Waals surface area contributed by atoms with Crippen LogP contribution in [-0.2, 0) is 11.2 Å². The average Bonchev–Trinajstić information content (AvgIpc) is 2.61. The van der Waals surface area contributed by atoms with Gasteiger partial charge in [0.15, 0.2) is 6.10 Å². The Bertz CT molecular complexity index is 583. The summed E-state index contributed by atoms with van der Waals surface area (Å²) in [7, 11) is 0. The van der Waals surface area contributed by atoms with Crippen molar-refractivity contribution in [2.75, 3.05) is 0 Å². The van der Waals surface area contributed by atoms with Crippen LogP contribution in [0, 0.1) is 0 Å². The first-order valence-corrected chi connectivity index (χ1v) is 8.28. The van der Waals surface area contributed by atoms with Gasteiger partial charge in [0.1, 0.15) is 0 Å². The summed E-state index contributed by atoms with van der Waals surface area (Å²) in [6.07, 6.45) is 2.62. The molecule has 23 heavy (non-hydrogen) atoms. The van der Waals surface area contributed by atoms with Crippen LogP contribution in [0.25, 0.3) is 0 Å². The van der Waals surface area contributed by atoms with Gasteiger partial charge >= 0.3 is 0 Å². The van der Waals surface area contributed by atoms with Crippen molar-refractivity contribution in [3.8, 4) is 0 Å². The molecule has 122 valence electrons. The summed E-state index contributed by atoms with van der Waals surface area (Å²) in [5.41, 5.74) is 1.90. The quantitative estimate of drug-likeness (QED) is 0.782. The number of aliphatic hydroxyl groups is 1. The van der Waals surface area contributed by atoms with E-state index >= 15 is 0 Å². The van der Waals surface area contributed by atoms with E-state index in [9.17, 15) is 9.90 Å². The van der Waals surface area contributed by atoms with Gasteiger partial charge in [0, 0.05) is 6.04 Å². The van der Waals surface area contributed by atoms with E-state index in [1.165, 1.54) is 5.56 Å². The number of nitrogens with one attached hydrogen (secondary N) is 1. The van der Waals surface area contributed by atoms with Crippen LogP contribution in [0.3, 0.4) is 0 Å². The van der Waals surface area contributed by atoms with Crippen LogP contribution in [0.5, 0.6) is 0 Å². The SMILES string of the molecule is CCCC(CCc1ccccc1)NC(=O)[C@@H](O)c1ccccc1. The average molecular weight is 311 g/mol. The molecule has 2 aromatic carbocycles. The Morgan fingerprint density at radius 1 is 1.00 bits per heavy atom. The molecule has 1 amide bonds. The van der Waals surface area contributed by atoms with Crippen molar-refractivity contribution >= 4 is 5.91 Å². The van der Waals surface area contributed by atoms with Crippen LogP contribution in [0.2, 0.25) is 0 Å². The van der Waals surface area contributed by atoms with Crippen LogP contribution in [0.15, 0.2) is 60.7 Å². The summed E-state index contributed by atoms with van der Waals surface area (Å²) in [4.78, 5) is 12.3. The van der Waals surface area contributed by atoms with E-state index in [1.807, 2.05) is 36.4 Å². The lowest BCUT2D eigenvalue weighted by Gasteiger charge is -2.20. The fourth-order valence-electron chi connectivity index (χ4n) is 2.69. The van der Waals surface area contributed by atoms with Gasteiger partial charge in [-0.05, 0) is 30.4 Å². The molecule has 1 unspecified atom stereocenters. The zero-order valence-electron chi connectivity index (χ0n) is 13.6. The molecule has 0 aliphatic heterocycles. The highest BCUT2D eigenvalue weighted by atomic mass is 16.3. The highest BCUT2D eigenvalue weighted by Gasteiger charge is 2.20. The first-order valence-electron chi connectivity index (χ1n) is 8.28. The van der Waals surface area contributed by atoms with E-state index in [0.29, 0.717) is 5.56 Å². The van der Waals surface area contributed by atoms with E-state index in [1.54, 1.807) is 12.1 Å². The van der Waals surface area contributed by atoms with Gasteiger partial charge in [-0.2, -0.15) is 0 Å². The Morgan fingerprint density at radius 2 is 1.61 bits per heavy atom. The van der Waals surface area contributed by atoms with Crippen LogP contribution in [0.1, 0.15) is 43.4 Å². The van der Waals surface area contributed by atoms with Gasteiger partial charge in [0.25, 0.3) is 5.91 Å². The standard InChI is InChI=1S/C20H25NO2/c1-2-9-18(15-14-16-10-5-3-6-11-16)21-20(23)19(22)17-12-7-4-8-13-17/h3-8,10-13,18-19,22H,2,9,14-15H2,1H3,(H,21,23)/t18?,19-/m0/s1. The number of aliphatic hydroxyl groups excluding tert-OH is 1. The molecule has 0 aromatic heterocycles. The molecule has 0 fully saturated rings. The third kappa shape index (κ3) is 5.53. The van der Waals surface area contributed by atoms with Gasteiger partial charge in [-0.15, -0.1) is 0 Å². The number of carbonyl (C=O) groups is 1. The van der Waals surface area contributed by atoms with Crippen molar-refractivity contribution in [2.24, 2.45) is 0 Å². The van der Waals surface area contributed by atoms with Crippen molar-refractivity contribution in [3.63, 3.8) is 0 Å². The summed E-state index contributed by atoms with van der Waals surface area (Å²) >= 11 is 0. The zero-order chi connectivity index (χ0) is 16.5. The summed E-state index contributed by atoms with van der Waals surface area (Å²) in [5, 5.41) is 13.2. The number of amides is 1. The van der Waals surface area contributed by atoms with E-state index in [2.05, 4.69) is 24.4 Å². The normalized spacial score (nSPS) is 13.3. The highest BCUT2D eigenvalue weighted by Crippen LogP contribution is 2.14. The van der Waals surface area contributed by atoms with Gasteiger partial charge in [-0.3, -0.25) is 4.79 Å². The Balaban J connectivity index is 1.91. The van der Waals surface area contributed by atoms with Crippen molar-refractivity contribution in [3.05, 3.63) is 71.8 Å². The second-order valence-corrected chi connectivity index (χ2v) is 5.83. The van der Waals surface area contributed by atoms with Crippen LogP contribution < -0.4 is 5.32 Å². The Labute approximate surface area is 138 Å². The molecule has 0 aliphatic rings. The Morgan fingerprint density at radius 3 is 2.22 bits per heavy atom. The maximum absolute atomic E-state index is 12.3. The Hall–Kier alpha value is -2.13. The van der Waals surface area contributed by atoms with Gasteiger partial charge in [-0.25, -0.2) is 0 Å². The summed E-state index contributed by atoms with van der Waals surface area (Å²) in [6.45, 7) is 2.11. The van der Waals surface area contributed by atoms with E-state index < -0.39 is 6.10 Å². The molecule has 0 saturated carbocycles. The lowest BCUT2D eigenvalue weighted by molar-refractivity contribution is -0.130. The van der Waals surface area contributed by atoms with Gasteiger partial charge in [-0.1, -0.05) is 74.0 Å². The fraction of sp³-hybridized carbons (Fsp3) is 0.350. The number of hydrogen-bond donors (Lipinski definition) is 2. The molecule has 2 aromatic rings. The zero-order valence-corrected chi connectivity index (χ0v) is 13.6. The molecule has 3 heteroatoms. The van der Waals surface area contributed by atoms with Crippen molar-refractivity contribution < 1.29 is 9.90 Å². The summed E-state index contributed by atoms with van der Waals surface area (Å²) in [6, 6.07) is 19.4. The van der Waals surface area contributed by atoms with Crippen LogP contribution >= 0.6 is 0 Å². The van der Waals surface area contributed by atoms with Crippen LogP contribution in [0.4, 0.5) is 0 Å². The molecule has 2 N–H and O–H groups in total. The number of carbonyl (C=O) groups excluding carboxylic acids is 1. The van der Waals surface area contributed by atoms with Gasteiger partial charge in [0.2, 0.25) is 0 Å². The second kappa shape index (κ2) is 9.11. The van der Waals surface area contributed by atoms with E-state index in [4.69, 9.17) is 0 Å². The third-order valence-electron chi connectivity index (χ3n) is 3.97. The minimum atomic E-state index is -1.10. The monoisotopic (exact) mass is 311 g/mol. The number of aryl methyl sites for hydroxylation is 1. The fourth-order valence-corrected chi connectivity index (χ4v) is 2.69. The lowest BCUT2D eigenvalue weighted by Crippen LogP contribution is -2.38. The Kier molecular flexibility index (Phi) is 6.82. The highest BCUT2D eigenvalue weighted by molar-refractivity contribution is 5.82. The molecular formula is C20H25NO2.